The van der Waals surface area contributed by atoms with Gasteiger partial charge in [0.1, 0.15) is 6.04 Å². The number of rotatable bonds is 5. The SMILES string of the molecule is CC1(C)CC(CN2CCN(c3ccc4c(c3)C(=O)N(C3CCC(=O)NC3=O)C4)CC2)CCN1C(=O)N1CCN2c3cc(-c4cccc(F)c4O)nnc3NCC2C1. The largest absolute Gasteiger partial charge is 0.504 e. The number of imide groups is 1. The summed E-state index contributed by atoms with van der Waals surface area (Å²) >= 11 is 0. The fourth-order valence-electron chi connectivity index (χ4n) is 9.82. The van der Waals surface area contributed by atoms with Crippen molar-refractivity contribution in [2.24, 2.45) is 5.92 Å². The molecule has 3 aromatic rings. The Morgan fingerprint density at radius 3 is 2.56 bits per heavy atom. The predicted octanol–water partition coefficient (Wildman–Crippen LogP) is 3.10. The summed E-state index contributed by atoms with van der Waals surface area (Å²) in [5.74, 6) is -0.899. The molecule has 0 saturated carbocycles. The van der Waals surface area contributed by atoms with E-state index in [2.05, 4.69) is 60.3 Å². The minimum Gasteiger partial charge on any atom is -0.504 e. The van der Waals surface area contributed by atoms with Crippen LogP contribution in [-0.4, -0.2) is 142 Å². The molecule has 9 rings (SSSR count). The predicted molar refractivity (Wildman–Crippen MR) is 210 cm³/mol. The number of amides is 5. The highest BCUT2D eigenvalue weighted by Crippen LogP contribution is 2.39. The fourth-order valence-corrected chi connectivity index (χ4v) is 9.82. The van der Waals surface area contributed by atoms with Crippen molar-refractivity contribution in [3.63, 3.8) is 0 Å². The maximum atomic E-state index is 14.1. The van der Waals surface area contributed by atoms with E-state index in [1.54, 1.807) is 11.0 Å². The van der Waals surface area contributed by atoms with Crippen LogP contribution in [0.4, 0.5) is 26.4 Å². The number of fused-ring (bicyclic) bond motifs is 4. The Morgan fingerprint density at radius 1 is 0.947 bits per heavy atom. The molecule has 57 heavy (non-hydrogen) atoms. The molecule has 0 radical (unpaired) electrons. The number of likely N-dealkylation sites (tertiary alicyclic amines) is 1. The van der Waals surface area contributed by atoms with Crippen LogP contribution in [0.25, 0.3) is 11.3 Å². The Bertz CT molecular complexity index is 2120. The number of nitrogens with zero attached hydrogens (tertiary/aromatic N) is 8. The molecule has 6 aliphatic rings. The van der Waals surface area contributed by atoms with Crippen LogP contribution in [0, 0.1) is 11.7 Å². The van der Waals surface area contributed by atoms with Crippen molar-refractivity contribution < 1.29 is 28.7 Å². The summed E-state index contributed by atoms with van der Waals surface area (Å²) in [5, 5.41) is 24.6. The van der Waals surface area contributed by atoms with Crippen molar-refractivity contribution >= 4 is 40.9 Å². The molecule has 2 aromatic carbocycles. The number of aromatic nitrogens is 2. The molecule has 1 aromatic heterocycles. The van der Waals surface area contributed by atoms with E-state index in [0.29, 0.717) is 68.7 Å². The van der Waals surface area contributed by atoms with Crippen LogP contribution < -0.4 is 20.4 Å². The summed E-state index contributed by atoms with van der Waals surface area (Å²) in [4.78, 5) is 64.4. The number of nitrogens with one attached hydrogen (secondary N) is 2. The lowest BCUT2D eigenvalue weighted by molar-refractivity contribution is -0.136. The quantitative estimate of drug-likeness (QED) is 0.327. The third kappa shape index (κ3) is 6.87. The topological polar surface area (TPSA) is 158 Å². The van der Waals surface area contributed by atoms with E-state index in [1.807, 2.05) is 23.1 Å². The van der Waals surface area contributed by atoms with E-state index in [9.17, 15) is 28.7 Å². The first-order valence-corrected chi connectivity index (χ1v) is 20.1. The minimum atomic E-state index is -0.711. The average Bonchev–Trinajstić information content (AvgIpc) is 3.53. The second kappa shape index (κ2) is 14.5. The molecule has 0 spiro atoms. The summed E-state index contributed by atoms with van der Waals surface area (Å²) < 4.78 is 14.1. The van der Waals surface area contributed by atoms with Crippen LogP contribution in [-0.2, 0) is 16.1 Å². The molecule has 3 N–H and O–H groups in total. The Balaban J connectivity index is 0.771. The molecule has 0 bridgehead atoms. The highest BCUT2D eigenvalue weighted by molar-refractivity contribution is 6.05. The number of piperazine rings is 2. The first kappa shape index (κ1) is 37.1. The van der Waals surface area contributed by atoms with Gasteiger partial charge >= 0.3 is 6.03 Å². The Kier molecular flexibility index (Phi) is 9.41. The number of carbonyl (C=O) groups is 4. The van der Waals surface area contributed by atoms with Gasteiger partial charge < -0.3 is 34.9 Å². The molecule has 16 heteroatoms. The second-order valence-corrected chi connectivity index (χ2v) is 16.9. The fraction of sp³-hybridized carbons (Fsp3) is 0.512. The minimum absolute atomic E-state index is 0.0255. The van der Waals surface area contributed by atoms with E-state index in [1.165, 1.54) is 12.1 Å². The van der Waals surface area contributed by atoms with E-state index in [-0.39, 0.29) is 41.4 Å². The monoisotopic (exact) mass is 780 g/mol. The summed E-state index contributed by atoms with van der Waals surface area (Å²) in [6, 6.07) is 11.7. The molecule has 7 heterocycles. The highest BCUT2D eigenvalue weighted by atomic mass is 19.1. The van der Waals surface area contributed by atoms with Crippen molar-refractivity contribution in [1.82, 2.24) is 35.1 Å². The lowest BCUT2D eigenvalue weighted by atomic mass is 9.82. The standard InChI is InChI=1S/C41H49FN10O5/c1-41(2)20-25(22-47-12-14-48(15-13-47)27-7-6-26-23-51(39(56)30(26)18-27)33-8-9-35(53)44-38(33)55)10-11-52(41)40(57)49-16-17-50-28(24-49)21-43-37-34(50)19-32(45-46-37)29-4-3-5-31(42)36(29)54/h3-7,18-19,25,28,33,54H,8-17,20-24H2,1-2H3,(H,43,46)(H,44,53,55). The molecule has 3 atom stereocenters. The lowest BCUT2D eigenvalue weighted by Gasteiger charge is -2.51. The van der Waals surface area contributed by atoms with Crippen molar-refractivity contribution in [2.45, 2.75) is 63.7 Å². The zero-order chi connectivity index (χ0) is 39.6. The maximum Gasteiger partial charge on any atom is 0.320 e. The first-order chi connectivity index (χ1) is 27.4. The highest BCUT2D eigenvalue weighted by Gasteiger charge is 2.43. The van der Waals surface area contributed by atoms with E-state index in [4.69, 9.17) is 0 Å². The average molecular weight is 781 g/mol. The molecular formula is C41H49FN10O5. The van der Waals surface area contributed by atoms with E-state index in [0.717, 1.165) is 62.5 Å². The number of anilines is 3. The molecule has 6 aliphatic heterocycles. The molecule has 4 saturated heterocycles. The third-order valence-corrected chi connectivity index (χ3v) is 12.9. The molecule has 300 valence electrons. The first-order valence-electron chi connectivity index (χ1n) is 20.1. The van der Waals surface area contributed by atoms with Crippen LogP contribution in [0.15, 0.2) is 42.5 Å². The molecule has 4 fully saturated rings. The number of urea groups is 1. The number of hydrogen-bond donors (Lipinski definition) is 3. The number of para-hydroxylation sites is 1. The van der Waals surface area contributed by atoms with Crippen molar-refractivity contribution in [3.8, 4) is 17.0 Å². The number of aromatic hydroxyl groups is 1. The van der Waals surface area contributed by atoms with Crippen LogP contribution >= 0.6 is 0 Å². The Morgan fingerprint density at radius 2 is 1.77 bits per heavy atom. The number of halogens is 1. The number of piperidine rings is 2. The van der Waals surface area contributed by atoms with E-state index >= 15 is 0 Å². The summed E-state index contributed by atoms with van der Waals surface area (Å²) in [6.07, 6.45) is 2.45. The molecule has 0 aliphatic carbocycles. The molecule has 5 amide bonds. The van der Waals surface area contributed by atoms with Gasteiger partial charge in [0.15, 0.2) is 17.4 Å². The van der Waals surface area contributed by atoms with Crippen molar-refractivity contribution in [1.29, 1.82) is 0 Å². The summed E-state index contributed by atoms with van der Waals surface area (Å²) in [5.41, 5.74) is 3.76. The van der Waals surface area contributed by atoms with E-state index < -0.39 is 23.5 Å². The number of hydrogen-bond acceptors (Lipinski definition) is 11. The summed E-state index contributed by atoms with van der Waals surface area (Å²) in [6.45, 7) is 12.3. The third-order valence-electron chi connectivity index (χ3n) is 12.9. The van der Waals surface area contributed by atoms with Gasteiger partial charge in [0.2, 0.25) is 11.8 Å². The molecule has 15 nitrogen and oxygen atoms in total. The van der Waals surface area contributed by atoms with Crippen LogP contribution in [0.1, 0.15) is 55.5 Å². The Hall–Kier alpha value is -5.51. The lowest BCUT2D eigenvalue weighted by Crippen LogP contribution is -2.64. The normalized spacial score (nSPS) is 24.8. The van der Waals surface area contributed by atoms with Gasteiger partial charge in [-0.2, -0.15) is 0 Å². The van der Waals surface area contributed by atoms with Crippen molar-refractivity contribution in [3.05, 3.63) is 59.4 Å². The van der Waals surface area contributed by atoms with Gasteiger partial charge in [0.05, 0.1) is 17.4 Å². The molecule has 3 unspecified atom stereocenters. The van der Waals surface area contributed by atoms with Crippen LogP contribution in [0.2, 0.25) is 0 Å². The van der Waals surface area contributed by atoms with Gasteiger partial charge in [-0.3, -0.25) is 24.6 Å². The number of benzene rings is 2. The maximum absolute atomic E-state index is 14.1. The van der Waals surface area contributed by atoms with Gasteiger partial charge in [-0.1, -0.05) is 12.1 Å². The zero-order valence-corrected chi connectivity index (χ0v) is 32.4. The zero-order valence-electron chi connectivity index (χ0n) is 32.4. The summed E-state index contributed by atoms with van der Waals surface area (Å²) in [7, 11) is 0. The Labute approximate surface area is 330 Å². The van der Waals surface area contributed by atoms with Crippen molar-refractivity contribution in [2.75, 3.05) is 80.6 Å². The smallest absolute Gasteiger partial charge is 0.320 e. The van der Waals surface area contributed by atoms with Gasteiger partial charge in [0, 0.05) is 101 Å². The van der Waals surface area contributed by atoms with Gasteiger partial charge in [-0.05, 0) is 74.9 Å². The van der Waals surface area contributed by atoms with Crippen LogP contribution in [0.5, 0.6) is 5.75 Å². The van der Waals surface area contributed by atoms with Gasteiger partial charge in [-0.25, -0.2) is 9.18 Å². The second-order valence-electron chi connectivity index (χ2n) is 16.9. The number of carbonyl (C=O) groups excluding carboxylic acids is 4. The number of phenolic OH excluding ortho intramolecular Hbond substituents is 1. The van der Waals surface area contributed by atoms with Gasteiger partial charge in [-0.15, -0.1) is 10.2 Å². The van der Waals surface area contributed by atoms with Crippen LogP contribution in [0.3, 0.4) is 0 Å². The number of phenols is 1. The van der Waals surface area contributed by atoms with Gasteiger partial charge in [0.25, 0.3) is 5.91 Å². The molecular weight excluding hydrogens is 732 g/mol.